The van der Waals surface area contributed by atoms with Crippen molar-refractivity contribution in [1.82, 2.24) is 0 Å². The molecule has 0 saturated heterocycles. The zero-order chi connectivity index (χ0) is 28.2. The van der Waals surface area contributed by atoms with Gasteiger partial charge >= 0.3 is 0 Å². The monoisotopic (exact) mass is 534 g/mol. The van der Waals surface area contributed by atoms with Gasteiger partial charge in [-0.1, -0.05) is 54.6 Å². The van der Waals surface area contributed by atoms with Gasteiger partial charge in [-0.25, -0.2) is 0 Å². The molecule has 0 heterocycles. The van der Waals surface area contributed by atoms with Crippen molar-refractivity contribution in [1.29, 1.82) is 5.26 Å². The summed E-state index contributed by atoms with van der Waals surface area (Å²) in [6.07, 6.45) is 1.51. The fraction of sp³-hybridized carbons (Fsp3) is 0.152. The maximum absolute atomic E-state index is 12.8. The highest BCUT2D eigenvalue weighted by Crippen LogP contribution is 2.30. The highest BCUT2D eigenvalue weighted by molar-refractivity contribution is 6.09. The molecule has 202 valence electrons. The van der Waals surface area contributed by atoms with Crippen LogP contribution in [0.5, 0.6) is 23.0 Å². The number of nitrogens with one attached hydrogen (secondary N) is 1. The molecule has 4 rings (SSSR count). The number of para-hydroxylation sites is 1. The van der Waals surface area contributed by atoms with E-state index in [9.17, 15) is 10.1 Å². The highest BCUT2D eigenvalue weighted by atomic mass is 16.5. The van der Waals surface area contributed by atoms with E-state index in [0.717, 1.165) is 11.1 Å². The number of amides is 1. The Hall–Kier alpha value is -5.22. The Kier molecular flexibility index (Phi) is 9.78. The van der Waals surface area contributed by atoms with E-state index in [0.29, 0.717) is 47.5 Å². The van der Waals surface area contributed by atoms with Gasteiger partial charge < -0.3 is 24.3 Å². The van der Waals surface area contributed by atoms with Gasteiger partial charge in [-0.15, -0.1) is 0 Å². The first-order valence-electron chi connectivity index (χ1n) is 12.8. The van der Waals surface area contributed by atoms with Crippen molar-refractivity contribution in [3.05, 3.63) is 119 Å². The standard InChI is InChI=1S/C33H30N2O5/c1-3-38-32-19-25(13-18-31(32)40-22-24-9-5-4-6-10-24)23-39-30-12-8-7-11-26(30)20-27(21-34)33(36)35-28-14-16-29(37-2)17-15-28/h4-20H,3,22-23H2,1-2H3,(H,35,36)/b27-20-. The zero-order valence-electron chi connectivity index (χ0n) is 22.4. The number of hydrogen-bond acceptors (Lipinski definition) is 6. The molecule has 4 aromatic carbocycles. The number of rotatable bonds is 12. The van der Waals surface area contributed by atoms with Crippen LogP contribution in [0.15, 0.2) is 103 Å². The third-order valence-electron chi connectivity index (χ3n) is 5.87. The quantitative estimate of drug-likeness (QED) is 0.159. The third kappa shape index (κ3) is 7.65. The molecule has 7 nitrogen and oxygen atoms in total. The van der Waals surface area contributed by atoms with Gasteiger partial charge in [0.2, 0.25) is 0 Å². The first kappa shape index (κ1) is 27.8. The molecule has 0 fully saturated rings. The molecule has 0 spiro atoms. The molecule has 7 heteroatoms. The Labute approximate surface area is 234 Å². The van der Waals surface area contributed by atoms with E-state index >= 15 is 0 Å². The first-order valence-corrected chi connectivity index (χ1v) is 12.8. The van der Waals surface area contributed by atoms with Crippen molar-refractivity contribution in [3.8, 4) is 29.1 Å². The topological polar surface area (TPSA) is 89.8 Å². The molecule has 0 aliphatic carbocycles. The van der Waals surface area contributed by atoms with Crippen LogP contribution in [0.1, 0.15) is 23.6 Å². The Morgan fingerprint density at radius 2 is 1.50 bits per heavy atom. The molecule has 1 N–H and O–H groups in total. The number of nitriles is 1. The smallest absolute Gasteiger partial charge is 0.266 e. The van der Waals surface area contributed by atoms with Crippen molar-refractivity contribution in [2.75, 3.05) is 19.0 Å². The van der Waals surface area contributed by atoms with E-state index in [4.69, 9.17) is 18.9 Å². The Morgan fingerprint density at radius 3 is 2.23 bits per heavy atom. The number of anilines is 1. The summed E-state index contributed by atoms with van der Waals surface area (Å²) in [5.41, 5.74) is 3.06. The van der Waals surface area contributed by atoms with Crippen molar-refractivity contribution >= 4 is 17.7 Å². The number of ether oxygens (including phenoxy) is 4. The minimum atomic E-state index is -0.519. The number of methoxy groups -OCH3 is 1. The molecule has 40 heavy (non-hydrogen) atoms. The molecule has 0 unspecified atom stereocenters. The van der Waals surface area contributed by atoms with Gasteiger partial charge in [0.1, 0.15) is 36.4 Å². The lowest BCUT2D eigenvalue weighted by molar-refractivity contribution is -0.112. The summed E-state index contributed by atoms with van der Waals surface area (Å²) in [7, 11) is 1.57. The fourth-order valence-electron chi connectivity index (χ4n) is 3.83. The SMILES string of the molecule is CCOc1cc(COc2ccccc2/C=C(/C#N)C(=O)Nc2ccc(OC)cc2)ccc1OCc1ccccc1. The molecule has 1 amide bonds. The maximum Gasteiger partial charge on any atom is 0.266 e. The number of nitrogens with zero attached hydrogens (tertiary/aromatic N) is 1. The molecule has 0 atom stereocenters. The van der Waals surface area contributed by atoms with Crippen molar-refractivity contribution in [3.63, 3.8) is 0 Å². The molecular formula is C33H30N2O5. The maximum atomic E-state index is 12.8. The molecule has 0 aromatic heterocycles. The van der Waals surface area contributed by atoms with Crippen LogP contribution >= 0.6 is 0 Å². The van der Waals surface area contributed by atoms with Crippen molar-refractivity contribution < 1.29 is 23.7 Å². The second kappa shape index (κ2) is 14.1. The van der Waals surface area contributed by atoms with Gasteiger partial charge in [-0.2, -0.15) is 5.26 Å². The number of hydrogen-bond donors (Lipinski definition) is 1. The number of carbonyl (C=O) groups is 1. The first-order chi connectivity index (χ1) is 19.6. The van der Waals surface area contributed by atoms with Gasteiger partial charge in [0.15, 0.2) is 11.5 Å². The van der Waals surface area contributed by atoms with Gasteiger partial charge in [-0.05, 0) is 66.6 Å². The molecule has 0 aliphatic heterocycles. The molecule has 0 aliphatic rings. The van der Waals surface area contributed by atoms with Crippen LogP contribution in [0, 0.1) is 11.3 Å². The molecule has 4 aromatic rings. The van der Waals surface area contributed by atoms with Crippen molar-refractivity contribution in [2.24, 2.45) is 0 Å². The summed E-state index contributed by atoms with van der Waals surface area (Å²) in [6, 6.07) is 31.7. The zero-order valence-corrected chi connectivity index (χ0v) is 22.4. The van der Waals surface area contributed by atoms with Crippen molar-refractivity contribution in [2.45, 2.75) is 20.1 Å². The Morgan fingerprint density at radius 1 is 0.800 bits per heavy atom. The molecular weight excluding hydrogens is 504 g/mol. The van der Waals surface area contributed by atoms with E-state index < -0.39 is 5.91 Å². The third-order valence-corrected chi connectivity index (χ3v) is 5.87. The van der Waals surface area contributed by atoms with Crippen LogP contribution in [0.3, 0.4) is 0 Å². The minimum Gasteiger partial charge on any atom is -0.497 e. The lowest BCUT2D eigenvalue weighted by atomic mass is 10.1. The van der Waals surface area contributed by atoms with Crippen LogP contribution in [0.25, 0.3) is 6.08 Å². The predicted octanol–water partition coefficient (Wildman–Crippen LogP) is 6.80. The molecule has 0 bridgehead atoms. The van der Waals surface area contributed by atoms with Crippen LogP contribution in [-0.4, -0.2) is 19.6 Å². The lowest BCUT2D eigenvalue weighted by Gasteiger charge is -2.15. The van der Waals surface area contributed by atoms with E-state index in [1.807, 2.05) is 73.7 Å². The second-order valence-electron chi connectivity index (χ2n) is 8.67. The summed E-state index contributed by atoms with van der Waals surface area (Å²) in [5.74, 6) is 1.97. The fourth-order valence-corrected chi connectivity index (χ4v) is 3.83. The lowest BCUT2D eigenvalue weighted by Crippen LogP contribution is -2.13. The summed E-state index contributed by atoms with van der Waals surface area (Å²) in [6.45, 7) is 3.10. The summed E-state index contributed by atoms with van der Waals surface area (Å²) in [5, 5.41) is 12.4. The van der Waals surface area contributed by atoms with Gasteiger partial charge in [0.25, 0.3) is 5.91 Å². The average Bonchev–Trinajstić information content (AvgIpc) is 2.99. The molecule has 0 saturated carbocycles. The van der Waals surface area contributed by atoms with Gasteiger partial charge in [-0.3, -0.25) is 4.79 Å². The minimum absolute atomic E-state index is 0.0505. The highest BCUT2D eigenvalue weighted by Gasteiger charge is 2.13. The predicted molar refractivity (Wildman–Crippen MR) is 154 cm³/mol. The summed E-state index contributed by atoms with van der Waals surface area (Å²) < 4.78 is 23.1. The van der Waals surface area contributed by atoms with Crippen LogP contribution in [0.2, 0.25) is 0 Å². The second-order valence-corrected chi connectivity index (χ2v) is 8.67. The van der Waals surface area contributed by atoms with E-state index in [-0.39, 0.29) is 12.2 Å². The Balaban J connectivity index is 1.45. The summed E-state index contributed by atoms with van der Waals surface area (Å²) >= 11 is 0. The van der Waals surface area contributed by atoms with E-state index in [1.54, 1.807) is 43.5 Å². The van der Waals surface area contributed by atoms with Crippen LogP contribution < -0.4 is 24.3 Å². The summed E-state index contributed by atoms with van der Waals surface area (Å²) in [4.78, 5) is 12.8. The van der Waals surface area contributed by atoms with Gasteiger partial charge in [0, 0.05) is 11.3 Å². The number of benzene rings is 4. The number of carbonyl (C=O) groups excluding carboxylic acids is 1. The largest absolute Gasteiger partial charge is 0.497 e. The van der Waals surface area contributed by atoms with E-state index in [1.165, 1.54) is 6.08 Å². The van der Waals surface area contributed by atoms with Gasteiger partial charge in [0.05, 0.1) is 13.7 Å². The molecule has 0 radical (unpaired) electrons. The average molecular weight is 535 g/mol. The van der Waals surface area contributed by atoms with Crippen LogP contribution in [0.4, 0.5) is 5.69 Å². The normalized spacial score (nSPS) is 10.8. The van der Waals surface area contributed by atoms with E-state index in [2.05, 4.69) is 5.32 Å². The Bertz CT molecular complexity index is 1490. The van der Waals surface area contributed by atoms with Crippen LogP contribution in [-0.2, 0) is 18.0 Å².